The van der Waals surface area contributed by atoms with E-state index in [2.05, 4.69) is 43.1 Å². The number of aromatic carboxylic acids is 1. The van der Waals surface area contributed by atoms with E-state index in [0.29, 0.717) is 23.0 Å². The molecule has 0 unspecified atom stereocenters. The second-order valence-corrected chi connectivity index (χ2v) is 10.9. The van der Waals surface area contributed by atoms with Crippen LogP contribution in [0.2, 0.25) is 0 Å². The molecule has 0 atom stereocenters. The predicted octanol–water partition coefficient (Wildman–Crippen LogP) is 6.64. The molecular weight excluding hydrogens is 484 g/mol. The zero-order valence-corrected chi connectivity index (χ0v) is 23.4. The van der Waals surface area contributed by atoms with Gasteiger partial charge in [0.1, 0.15) is 10.8 Å². The van der Waals surface area contributed by atoms with Crippen molar-refractivity contribution in [1.29, 1.82) is 0 Å². The molecule has 0 aliphatic heterocycles. The highest BCUT2D eigenvalue weighted by Gasteiger charge is 2.52. The Kier molecular flexibility index (Phi) is 9.86. The van der Waals surface area contributed by atoms with Gasteiger partial charge in [-0.3, -0.25) is 4.79 Å². The van der Waals surface area contributed by atoms with Crippen LogP contribution >= 0.6 is 11.3 Å². The van der Waals surface area contributed by atoms with Gasteiger partial charge in [0.25, 0.3) is 0 Å². The maximum absolute atomic E-state index is 14.0. The SMILES string of the molecule is CC/C=C/C(=C\C=C(/C)C1(C(=O)N(CCCc2cccc(C)c2)Cc2nc(C(=O)O)c(C)s2)CC1)OC. The highest BCUT2D eigenvalue weighted by molar-refractivity contribution is 7.11. The smallest absolute Gasteiger partial charge is 0.355 e. The molecule has 1 fully saturated rings. The summed E-state index contributed by atoms with van der Waals surface area (Å²) < 4.78 is 5.44. The summed E-state index contributed by atoms with van der Waals surface area (Å²) in [6.07, 6.45) is 12.1. The number of aryl methyl sites for hydroxylation is 3. The van der Waals surface area contributed by atoms with Crippen LogP contribution in [0.25, 0.3) is 0 Å². The Labute approximate surface area is 224 Å². The van der Waals surface area contributed by atoms with Crippen LogP contribution in [-0.4, -0.2) is 40.5 Å². The molecule has 0 radical (unpaired) electrons. The van der Waals surface area contributed by atoms with Crippen molar-refractivity contribution >= 4 is 23.2 Å². The molecule has 1 amide bonds. The first kappa shape index (κ1) is 28.4. The van der Waals surface area contributed by atoms with Crippen molar-refractivity contribution in [1.82, 2.24) is 9.88 Å². The number of carboxylic acids is 1. The van der Waals surface area contributed by atoms with Crippen molar-refractivity contribution < 1.29 is 19.4 Å². The quantitative estimate of drug-likeness (QED) is 0.236. The molecule has 37 heavy (non-hydrogen) atoms. The Bertz CT molecular complexity index is 1200. The van der Waals surface area contributed by atoms with E-state index in [4.69, 9.17) is 4.74 Å². The molecule has 0 saturated heterocycles. The lowest BCUT2D eigenvalue weighted by Crippen LogP contribution is -2.38. The Morgan fingerprint density at radius 2 is 2.00 bits per heavy atom. The molecule has 1 aromatic carbocycles. The third-order valence-electron chi connectivity index (χ3n) is 6.80. The lowest BCUT2D eigenvalue weighted by Gasteiger charge is -2.27. The molecule has 198 valence electrons. The lowest BCUT2D eigenvalue weighted by molar-refractivity contribution is -0.136. The topological polar surface area (TPSA) is 79.7 Å². The van der Waals surface area contributed by atoms with E-state index in [1.807, 2.05) is 36.1 Å². The maximum atomic E-state index is 14.0. The molecule has 2 aromatic rings. The predicted molar refractivity (Wildman–Crippen MR) is 149 cm³/mol. The first-order chi connectivity index (χ1) is 17.7. The lowest BCUT2D eigenvalue weighted by atomic mass is 9.94. The highest BCUT2D eigenvalue weighted by atomic mass is 32.1. The molecule has 0 spiro atoms. The number of methoxy groups -OCH3 is 1. The number of carbonyl (C=O) groups is 2. The van der Waals surface area contributed by atoms with E-state index < -0.39 is 11.4 Å². The van der Waals surface area contributed by atoms with Gasteiger partial charge < -0.3 is 14.7 Å². The number of carboxylic acid groups (broad SMARTS) is 1. The summed E-state index contributed by atoms with van der Waals surface area (Å²) in [4.78, 5) is 32.4. The third kappa shape index (κ3) is 7.41. The van der Waals surface area contributed by atoms with Gasteiger partial charge in [0, 0.05) is 11.4 Å². The summed E-state index contributed by atoms with van der Waals surface area (Å²) in [6, 6.07) is 8.43. The van der Waals surface area contributed by atoms with E-state index >= 15 is 0 Å². The Hall–Kier alpha value is -3.19. The van der Waals surface area contributed by atoms with E-state index in [1.165, 1.54) is 22.5 Å². The highest BCUT2D eigenvalue weighted by Crippen LogP contribution is 2.53. The molecule has 3 rings (SSSR count). The number of rotatable bonds is 13. The average molecular weight is 523 g/mol. The number of hydrogen-bond acceptors (Lipinski definition) is 5. The number of ether oxygens (including phenoxy) is 1. The van der Waals surface area contributed by atoms with Gasteiger partial charge in [-0.2, -0.15) is 0 Å². The molecular formula is C30H38N2O4S. The van der Waals surface area contributed by atoms with Gasteiger partial charge >= 0.3 is 5.97 Å². The van der Waals surface area contributed by atoms with E-state index in [9.17, 15) is 14.7 Å². The minimum atomic E-state index is -1.03. The van der Waals surface area contributed by atoms with Gasteiger partial charge in [-0.25, -0.2) is 9.78 Å². The van der Waals surface area contributed by atoms with Gasteiger partial charge in [0.2, 0.25) is 5.91 Å². The Morgan fingerprint density at radius 3 is 2.59 bits per heavy atom. The number of aromatic nitrogens is 1. The third-order valence-corrected chi connectivity index (χ3v) is 7.75. The second-order valence-electron chi connectivity index (χ2n) is 9.65. The summed E-state index contributed by atoms with van der Waals surface area (Å²) in [5.41, 5.74) is 3.04. The largest absolute Gasteiger partial charge is 0.497 e. The summed E-state index contributed by atoms with van der Waals surface area (Å²) >= 11 is 1.35. The molecule has 1 N–H and O–H groups in total. The first-order valence-corrected chi connectivity index (χ1v) is 13.7. The van der Waals surface area contributed by atoms with Crippen molar-refractivity contribution in [3.8, 4) is 0 Å². The van der Waals surface area contributed by atoms with Gasteiger partial charge in [-0.15, -0.1) is 11.3 Å². The molecule has 1 heterocycles. The van der Waals surface area contributed by atoms with E-state index in [0.717, 1.165) is 43.4 Å². The zero-order valence-electron chi connectivity index (χ0n) is 22.5. The van der Waals surface area contributed by atoms with Gasteiger partial charge in [0.05, 0.1) is 19.1 Å². The number of benzene rings is 1. The minimum Gasteiger partial charge on any atom is -0.497 e. The van der Waals surface area contributed by atoms with Crippen molar-refractivity contribution in [3.05, 3.63) is 86.6 Å². The molecule has 1 aliphatic rings. The van der Waals surface area contributed by atoms with Crippen LogP contribution in [-0.2, 0) is 22.5 Å². The molecule has 1 saturated carbocycles. The number of allylic oxidation sites excluding steroid dienone is 4. The number of thiazole rings is 1. The van der Waals surface area contributed by atoms with Crippen LogP contribution in [0.15, 0.2) is 59.9 Å². The summed E-state index contributed by atoms with van der Waals surface area (Å²) in [7, 11) is 1.64. The van der Waals surface area contributed by atoms with Crippen LogP contribution in [0.1, 0.15) is 71.0 Å². The van der Waals surface area contributed by atoms with E-state index in [-0.39, 0.29) is 11.6 Å². The summed E-state index contributed by atoms with van der Waals surface area (Å²) in [5, 5.41) is 10.1. The van der Waals surface area contributed by atoms with E-state index in [1.54, 1.807) is 14.0 Å². The second kappa shape index (κ2) is 12.9. The molecule has 1 aliphatic carbocycles. The van der Waals surface area contributed by atoms with Crippen molar-refractivity contribution in [2.75, 3.05) is 13.7 Å². The first-order valence-electron chi connectivity index (χ1n) is 12.8. The Balaban J connectivity index is 1.82. The van der Waals surface area contributed by atoms with Crippen molar-refractivity contribution in [2.24, 2.45) is 5.41 Å². The fourth-order valence-corrected chi connectivity index (χ4v) is 5.41. The van der Waals surface area contributed by atoms with Crippen LogP contribution in [0.4, 0.5) is 0 Å². The number of hydrogen-bond donors (Lipinski definition) is 1. The van der Waals surface area contributed by atoms with Crippen LogP contribution in [0.3, 0.4) is 0 Å². The molecule has 7 heteroatoms. The number of carbonyl (C=O) groups excluding carboxylic acids is 1. The molecule has 6 nitrogen and oxygen atoms in total. The normalized spacial score (nSPS) is 15.2. The summed E-state index contributed by atoms with van der Waals surface area (Å²) in [5.74, 6) is -0.196. The summed E-state index contributed by atoms with van der Waals surface area (Å²) in [6.45, 7) is 8.83. The van der Waals surface area contributed by atoms with Gasteiger partial charge in [-0.1, -0.05) is 54.5 Å². The molecule has 0 bridgehead atoms. The van der Waals surface area contributed by atoms with Gasteiger partial charge in [-0.05, 0) is 70.6 Å². The average Bonchev–Trinajstić information content (AvgIpc) is 3.60. The number of nitrogens with zero attached hydrogens (tertiary/aromatic N) is 2. The zero-order chi connectivity index (χ0) is 27.0. The van der Waals surface area contributed by atoms with Crippen LogP contribution in [0, 0.1) is 19.3 Å². The molecule has 1 aromatic heterocycles. The monoisotopic (exact) mass is 522 g/mol. The Morgan fingerprint density at radius 1 is 1.24 bits per heavy atom. The fourth-order valence-electron chi connectivity index (χ4n) is 4.47. The standard InChI is InChI=1S/C30H38N2O4S/c1-6-7-13-25(36-5)15-14-22(3)30(16-17-30)29(35)32(18-9-12-24-11-8-10-21(2)19-24)20-26-31-27(28(33)34)23(4)37-26/h7-8,10-11,13-15,19H,6,9,12,16-18,20H2,1-5H3,(H,33,34)/b13-7+,22-14+,25-15+. The van der Waals surface area contributed by atoms with Crippen LogP contribution < -0.4 is 0 Å². The number of amides is 1. The maximum Gasteiger partial charge on any atom is 0.355 e. The van der Waals surface area contributed by atoms with Crippen molar-refractivity contribution in [2.45, 2.75) is 66.3 Å². The minimum absolute atomic E-state index is 0.0711. The van der Waals surface area contributed by atoms with Crippen LogP contribution in [0.5, 0.6) is 0 Å². The fraction of sp³-hybridized carbons (Fsp3) is 0.433. The van der Waals surface area contributed by atoms with Crippen molar-refractivity contribution in [3.63, 3.8) is 0 Å². The van der Waals surface area contributed by atoms with Gasteiger partial charge in [0.15, 0.2) is 5.69 Å².